The third kappa shape index (κ3) is 3.80. The molecule has 4 rings (SSSR count). The number of piperidine rings is 1. The Labute approximate surface area is 163 Å². The first kappa shape index (κ1) is 19.0. The lowest BCUT2D eigenvalue weighted by Gasteiger charge is -2.29. The van der Waals surface area contributed by atoms with Crippen LogP contribution in [0.2, 0.25) is 0 Å². The molecular weight excluding hydrogens is 360 g/mol. The summed E-state index contributed by atoms with van der Waals surface area (Å²) in [6.07, 6.45) is 1.90. The fourth-order valence-corrected chi connectivity index (χ4v) is 4.33. The minimum absolute atomic E-state index is 0.152. The van der Waals surface area contributed by atoms with Crippen molar-refractivity contribution >= 4 is 17.7 Å². The summed E-state index contributed by atoms with van der Waals surface area (Å²) in [6, 6.07) is 5.28. The molecule has 3 amide bonds. The van der Waals surface area contributed by atoms with Gasteiger partial charge in [-0.05, 0) is 43.0 Å². The van der Waals surface area contributed by atoms with Crippen LogP contribution in [0.4, 0.5) is 0 Å². The fourth-order valence-electron chi connectivity index (χ4n) is 4.33. The molecule has 2 fully saturated rings. The molecular formula is C20H26N4O4. The number of carbonyl (C=O) groups excluding carboxylic acids is 3. The van der Waals surface area contributed by atoms with Gasteiger partial charge in [0.1, 0.15) is 6.04 Å². The average Bonchev–Trinajstić information content (AvgIpc) is 2.85. The molecule has 0 radical (unpaired) electrons. The summed E-state index contributed by atoms with van der Waals surface area (Å²) < 4.78 is 0. The zero-order valence-corrected chi connectivity index (χ0v) is 15.7. The van der Waals surface area contributed by atoms with Gasteiger partial charge in [0, 0.05) is 37.7 Å². The quantitative estimate of drug-likeness (QED) is 0.527. The minimum Gasteiger partial charge on any atom is -0.392 e. The first-order chi connectivity index (χ1) is 13.5. The summed E-state index contributed by atoms with van der Waals surface area (Å²) in [5.74, 6) is -0.826. The predicted molar refractivity (Wildman–Crippen MR) is 101 cm³/mol. The topological polar surface area (TPSA) is 111 Å². The van der Waals surface area contributed by atoms with E-state index < -0.39 is 11.9 Å². The van der Waals surface area contributed by atoms with Crippen LogP contribution in [0.3, 0.4) is 0 Å². The van der Waals surface area contributed by atoms with Crippen LogP contribution in [0.15, 0.2) is 18.2 Å². The Hall–Kier alpha value is -2.29. The van der Waals surface area contributed by atoms with Crippen LogP contribution in [-0.4, -0.2) is 59.0 Å². The number of nitrogens with one attached hydrogen (secondary N) is 3. The lowest BCUT2D eigenvalue weighted by atomic mass is 10.0. The van der Waals surface area contributed by atoms with Gasteiger partial charge in [-0.15, -0.1) is 0 Å². The van der Waals surface area contributed by atoms with Crippen LogP contribution in [0, 0.1) is 0 Å². The van der Waals surface area contributed by atoms with Gasteiger partial charge in [-0.2, -0.15) is 0 Å². The second-order valence-electron chi connectivity index (χ2n) is 7.80. The Bertz CT molecular complexity index is 796. The van der Waals surface area contributed by atoms with E-state index in [1.807, 2.05) is 12.1 Å². The highest BCUT2D eigenvalue weighted by Crippen LogP contribution is 2.30. The maximum absolute atomic E-state index is 12.9. The number of amides is 3. The monoisotopic (exact) mass is 386 g/mol. The summed E-state index contributed by atoms with van der Waals surface area (Å²) in [4.78, 5) is 38.1. The first-order valence-electron chi connectivity index (χ1n) is 9.90. The van der Waals surface area contributed by atoms with Crippen molar-refractivity contribution in [2.45, 2.75) is 57.0 Å². The van der Waals surface area contributed by atoms with Crippen LogP contribution in [0.25, 0.3) is 0 Å². The van der Waals surface area contributed by atoms with Crippen LogP contribution in [-0.2, 0) is 22.7 Å². The minimum atomic E-state index is -0.596. The third-order valence-electron chi connectivity index (χ3n) is 5.87. The summed E-state index contributed by atoms with van der Waals surface area (Å²) >= 11 is 0. The zero-order chi connectivity index (χ0) is 19.7. The summed E-state index contributed by atoms with van der Waals surface area (Å²) in [7, 11) is 0. The average molecular weight is 386 g/mol. The number of fused-ring (bicyclic) bond motifs is 1. The molecule has 0 aromatic heterocycles. The van der Waals surface area contributed by atoms with E-state index in [1.165, 1.54) is 0 Å². The van der Waals surface area contributed by atoms with Gasteiger partial charge in [-0.1, -0.05) is 12.1 Å². The molecule has 1 unspecified atom stereocenters. The number of imide groups is 1. The molecule has 8 nitrogen and oxygen atoms in total. The van der Waals surface area contributed by atoms with E-state index in [4.69, 9.17) is 0 Å². The van der Waals surface area contributed by atoms with Crippen molar-refractivity contribution in [2.75, 3.05) is 13.1 Å². The molecule has 0 aliphatic carbocycles. The largest absolute Gasteiger partial charge is 0.392 e. The van der Waals surface area contributed by atoms with Crippen molar-refractivity contribution in [3.05, 3.63) is 34.9 Å². The Balaban J connectivity index is 1.47. The van der Waals surface area contributed by atoms with Gasteiger partial charge in [-0.25, -0.2) is 0 Å². The van der Waals surface area contributed by atoms with Crippen molar-refractivity contribution in [1.82, 2.24) is 20.9 Å². The number of β-amino-alcohol motifs (C(OH)–C–C–N with tert-alkyl or cyclic N) is 1. The van der Waals surface area contributed by atoms with Gasteiger partial charge in [0.2, 0.25) is 11.8 Å². The zero-order valence-electron chi connectivity index (χ0n) is 15.7. The number of aliphatic hydroxyl groups is 1. The first-order valence-corrected chi connectivity index (χ1v) is 9.90. The molecule has 3 heterocycles. The van der Waals surface area contributed by atoms with Crippen molar-refractivity contribution in [1.29, 1.82) is 0 Å². The van der Waals surface area contributed by atoms with Crippen LogP contribution in [0.1, 0.15) is 47.2 Å². The Kier molecular flexibility index (Phi) is 5.43. The highest BCUT2D eigenvalue weighted by Gasteiger charge is 2.39. The van der Waals surface area contributed by atoms with E-state index in [9.17, 15) is 19.5 Å². The lowest BCUT2D eigenvalue weighted by molar-refractivity contribution is -0.136. The van der Waals surface area contributed by atoms with Crippen LogP contribution >= 0.6 is 0 Å². The fraction of sp³-hybridized carbons (Fsp3) is 0.550. The molecule has 1 aromatic carbocycles. The van der Waals surface area contributed by atoms with Crippen molar-refractivity contribution < 1.29 is 19.5 Å². The van der Waals surface area contributed by atoms with E-state index in [2.05, 4.69) is 16.0 Å². The molecule has 3 atom stereocenters. The Morgan fingerprint density at radius 3 is 2.89 bits per heavy atom. The van der Waals surface area contributed by atoms with Crippen LogP contribution in [0.5, 0.6) is 0 Å². The predicted octanol–water partition coefficient (Wildman–Crippen LogP) is -0.350. The molecule has 150 valence electrons. The molecule has 1 aromatic rings. The van der Waals surface area contributed by atoms with E-state index in [-0.39, 0.29) is 30.4 Å². The highest BCUT2D eigenvalue weighted by atomic mass is 16.3. The Morgan fingerprint density at radius 2 is 2.07 bits per heavy atom. The maximum Gasteiger partial charge on any atom is 0.255 e. The van der Waals surface area contributed by atoms with E-state index >= 15 is 0 Å². The van der Waals surface area contributed by atoms with Crippen LogP contribution < -0.4 is 16.0 Å². The molecule has 28 heavy (non-hydrogen) atoms. The third-order valence-corrected chi connectivity index (χ3v) is 5.87. The maximum atomic E-state index is 12.9. The van der Waals surface area contributed by atoms with Crippen molar-refractivity contribution in [3.63, 3.8) is 0 Å². The summed E-state index contributed by atoms with van der Waals surface area (Å²) in [6.45, 7) is 2.47. The molecule has 3 aliphatic heterocycles. The van der Waals surface area contributed by atoms with Gasteiger partial charge >= 0.3 is 0 Å². The number of carbonyl (C=O) groups is 3. The summed E-state index contributed by atoms with van der Waals surface area (Å²) in [5, 5.41) is 19.0. The number of hydrogen-bond donors (Lipinski definition) is 4. The Morgan fingerprint density at radius 1 is 1.21 bits per heavy atom. The molecule has 4 N–H and O–H groups in total. The molecule has 2 saturated heterocycles. The van der Waals surface area contributed by atoms with E-state index in [1.54, 1.807) is 11.0 Å². The normalized spacial score (nSPS) is 28.1. The van der Waals surface area contributed by atoms with Gasteiger partial charge in [-0.3, -0.25) is 19.7 Å². The second-order valence-corrected chi connectivity index (χ2v) is 7.80. The van der Waals surface area contributed by atoms with Gasteiger partial charge < -0.3 is 20.6 Å². The smallest absolute Gasteiger partial charge is 0.255 e. The van der Waals surface area contributed by atoms with Gasteiger partial charge in [0.25, 0.3) is 5.91 Å². The number of nitrogens with zero attached hydrogens (tertiary/aromatic N) is 1. The highest BCUT2D eigenvalue weighted by molar-refractivity contribution is 6.05. The summed E-state index contributed by atoms with van der Waals surface area (Å²) in [5.41, 5.74) is 2.61. The molecule has 0 bridgehead atoms. The van der Waals surface area contributed by atoms with Crippen molar-refractivity contribution in [3.8, 4) is 0 Å². The number of hydrogen-bond acceptors (Lipinski definition) is 6. The SMILES string of the molecule is O=C1CCC(N2Cc3c(CN[C@H]4CCNC[C@@H](O)C4)cccc3C2=O)C(=O)N1. The van der Waals surface area contributed by atoms with E-state index in [0.29, 0.717) is 38.0 Å². The molecule has 0 spiro atoms. The van der Waals surface area contributed by atoms with Gasteiger partial charge in [0.15, 0.2) is 0 Å². The second kappa shape index (κ2) is 7.98. The molecule has 8 heteroatoms. The van der Waals surface area contributed by atoms with E-state index in [0.717, 1.165) is 24.1 Å². The molecule has 3 aliphatic rings. The van der Waals surface area contributed by atoms with Crippen molar-refractivity contribution in [2.24, 2.45) is 0 Å². The standard InChI is InChI=1S/C20H26N4O4/c25-14-8-13(6-7-21-10-14)22-9-12-2-1-3-15-16(12)11-24(20(15)28)17-4-5-18(26)23-19(17)27/h1-3,13-14,17,21-22,25H,4-11H2,(H,23,26,27)/t13-,14-,17?/m0/s1. The number of benzene rings is 1. The van der Waals surface area contributed by atoms with Gasteiger partial charge in [0.05, 0.1) is 6.10 Å². The number of aliphatic hydroxyl groups excluding tert-OH is 1. The molecule has 0 saturated carbocycles. The lowest BCUT2D eigenvalue weighted by Crippen LogP contribution is -2.52. The number of rotatable bonds is 4.